The molecule has 2 aromatic carbocycles. The zero-order chi connectivity index (χ0) is 21.1. The maximum Gasteiger partial charge on any atom is 0.271 e. The van der Waals surface area contributed by atoms with E-state index in [1.165, 1.54) is 12.1 Å². The SMILES string of the molecule is Cc1ccc(C(=O)NC(=S)N2CCN(c3ccc([N+](=O)[O-])cc3Cl)CC2)cc1C. The van der Waals surface area contributed by atoms with Gasteiger partial charge in [0, 0.05) is 43.9 Å². The Morgan fingerprint density at radius 1 is 1.10 bits per heavy atom. The number of hydrogen-bond acceptors (Lipinski definition) is 5. The minimum absolute atomic E-state index is 0.0346. The number of benzene rings is 2. The molecule has 1 heterocycles. The van der Waals surface area contributed by atoms with Crippen molar-refractivity contribution in [2.24, 2.45) is 0 Å². The number of nitrogens with zero attached hydrogens (tertiary/aromatic N) is 3. The van der Waals surface area contributed by atoms with Crippen LogP contribution in [0.2, 0.25) is 5.02 Å². The molecule has 152 valence electrons. The van der Waals surface area contributed by atoms with Gasteiger partial charge in [-0.25, -0.2) is 0 Å². The normalized spacial score (nSPS) is 13.9. The third kappa shape index (κ3) is 4.83. The van der Waals surface area contributed by atoms with E-state index in [4.69, 9.17) is 23.8 Å². The van der Waals surface area contributed by atoms with Crippen molar-refractivity contribution in [3.63, 3.8) is 0 Å². The van der Waals surface area contributed by atoms with E-state index in [2.05, 4.69) is 10.2 Å². The second kappa shape index (κ2) is 8.75. The number of halogens is 1. The van der Waals surface area contributed by atoms with Gasteiger partial charge in [-0.2, -0.15) is 0 Å². The van der Waals surface area contributed by atoms with Gasteiger partial charge in [-0.1, -0.05) is 17.7 Å². The molecule has 1 aliphatic rings. The van der Waals surface area contributed by atoms with E-state index in [-0.39, 0.29) is 11.6 Å². The van der Waals surface area contributed by atoms with Gasteiger partial charge in [0.05, 0.1) is 15.6 Å². The lowest BCUT2D eigenvalue weighted by Gasteiger charge is -2.37. The van der Waals surface area contributed by atoms with Crippen molar-refractivity contribution >= 4 is 46.2 Å². The first kappa shape index (κ1) is 21.0. The summed E-state index contributed by atoms with van der Waals surface area (Å²) < 4.78 is 0. The Labute approximate surface area is 179 Å². The van der Waals surface area contributed by atoms with Crippen LogP contribution in [0.5, 0.6) is 0 Å². The van der Waals surface area contributed by atoms with E-state index in [1.807, 2.05) is 30.9 Å². The highest BCUT2D eigenvalue weighted by atomic mass is 35.5. The fourth-order valence-electron chi connectivity index (χ4n) is 3.15. The summed E-state index contributed by atoms with van der Waals surface area (Å²) >= 11 is 11.6. The molecule has 0 saturated carbocycles. The second-order valence-corrected chi connectivity index (χ2v) is 7.72. The van der Waals surface area contributed by atoms with Crippen LogP contribution in [0.4, 0.5) is 11.4 Å². The van der Waals surface area contributed by atoms with Crippen LogP contribution < -0.4 is 10.2 Å². The highest BCUT2D eigenvalue weighted by Crippen LogP contribution is 2.30. The standard InChI is InChI=1S/C20H21ClN4O3S/c1-13-3-4-15(11-14(13)2)19(26)22-20(29)24-9-7-23(8-10-24)18-6-5-16(25(27)28)12-17(18)21/h3-6,11-12H,7-10H2,1-2H3,(H,22,26,29). The first-order valence-corrected chi connectivity index (χ1v) is 9.91. The Hall–Kier alpha value is -2.71. The summed E-state index contributed by atoms with van der Waals surface area (Å²) in [5.74, 6) is -0.223. The number of non-ortho nitro benzene ring substituents is 1. The van der Waals surface area contributed by atoms with Crippen molar-refractivity contribution in [2.45, 2.75) is 13.8 Å². The van der Waals surface area contributed by atoms with Crippen LogP contribution in [0.25, 0.3) is 0 Å². The molecule has 29 heavy (non-hydrogen) atoms. The summed E-state index contributed by atoms with van der Waals surface area (Å²) in [6.45, 7) is 6.46. The molecule has 7 nitrogen and oxygen atoms in total. The Morgan fingerprint density at radius 2 is 1.79 bits per heavy atom. The largest absolute Gasteiger partial charge is 0.367 e. The zero-order valence-electron chi connectivity index (χ0n) is 16.1. The van der Waals surface area contributed by atoms with Crippen molar-refractivity contribution in [1.82, 2.24) is 10.2 Å². The Bertz CT molecular complexity index is 974. The highest BCUT2D eigenvalue weighted by Gasteiger charge is 2.23. The molecule has 0 unspecified atom stereocenters. The predicted molar refractivity (Wildman–Crippen MR) is 118 cm³/mol. The first-order valence-electron chi connectivity index (χ1n) is 9.12. The third-order valence-electron chi connectivity index (χ3n) is 5.04. The van der Waals surface area contributed by atoms with E-state index in [9.17, 15) is 14.9 Å². The monoisotopic (exact) mass is 432 g/mol. The van der Waals surface area contributed by atoms with Crippen molar-refractivity contribution in [3.05, 3.63) is 68.2 Å². The van der Waals surface area contributed by atoms with Gasteiger partial charge in [-0.05, 0) is 55.4 Å². The van der Waals surface area contributed by atoms with Gasteiger partial charge >= 0.3 is 0 Å². The summed E-state index contributed by atoms with van der Waals surface area (Å²) in [7, 11) is 0. The van der Waals surface area contributed by atoms with Crippen molar-refractivity contribution in [2.75, 3.05) is 31.1 Å². The lowest BCUT2D eigenvalue weighted by molar-refractivity contribution is -0.384. The number of amides is 1. The van der Waals surface area contributed by atoms with Gasteiger partial charge in [0.1, 0.15) is 0 Å². The van der Waals surface area contributed by atoms with Crippen LogP contribution in [0.15, 0.2) is 36.4 Å². The number of nitro benzene ring substituents is 1. The maximum absolute atomic E-state index is 12.5. The van der Waals surface area contributed by atoms with E-state index < -0.39 is 4.92 Å². The summed E-state index contributed by atoms with van der Waals surface area (Å²) in [5.41, 5.74) is 3.48. The molecule has 0 atom stereocenters. The molecule has 2 aromatic rings. The smallest absolute Gasteiger partial charge is 0.271 e. The molecule has 0 aromatic heterocycles. The third-order valence-corrected chi connectivity index (χ3v) is 5.70. The minimum atomic E-state index is -0.468. The number of piperazine rings is 1. The summed E-state index contributed by atoms with van der Waals surface area (Å²) in [5, 5.41) is 14.4. The zero-order valence-corrected chi connectivity index (χ0v) is 17.7. The Balaban J connectivity index is 1.58. The van der Waals surface area contributed by atoms with Gasteiger partial charge in [-0.3, -0.25) is 20.2 Å². The van der Waals surface area contributed by atoms with E-state index >= 15 is 0 Å². The molecule has 9 heteroatoms. The number of thiocarbonyl (C=S) groups is 1. The van der Waals surface area contributed by atoms with Crippen LogP contribution in [0.3, 0.4) is 0 Å². The van der Waals surface area contributed by atoms with Crippen LogP contribution in [0.1, 0.15) is 21.5 Å². The number of aryl methyl sites for hydroxylation is 2. The maximum atomic E-state index is 12.5. The molecule has 3 rings (SSSR count). The first-order chi connectivity index (χ1) is 13.8. The van der Waals surface area contributed by atoms with Crippen molar-refractivity contribution < 1.29 is 9.72 Å². The van der Waals surface area contributed by atoms with E-state index in [0.29, 0.717) is 41.9 Å². The van der Waals surface area contributed by atoms with Gasteiger partial charge in [0.15, 0.2) is 5.11 Å². The average molecular weight is 433 g/mol. The lowest BCUT2D eigenvalue weighted by atomic mass is 10.1. The molecule has 0 spiro atoms. The quantitative estimate of drug-likeness (QED) is 0.452. The molecule has 1 saturated heterocycles. The number of hydrogen-bond donors (Lipinski definition) is 1. The van der Waals surface area contributed by atoms with E-state index in [1.54, 1.807) is 12.1 Å². The fourth-order valence-corrected chi connectivity index (χ4v) is 3.72. The molecule has 0 aliphatic carbocycles. The van der Waals surface area contributed by atoms with Gasteiger partial charge in [-0.15, -0.1) is 0 Å². The average Bonchev–Trinajstić information content (AvgIpc) is 2.70. The van der Waals surface area contributed by atoms with Crippen molar-refractivity contribution in [3.8, 4) is 0 Å². The summed E-state index contributed by atoms with van der Waals surface area (Å²) in [6, 6.07) is 10.0. The molecule has 0 bridgehead atoms. The van der Waals surface area contributed by atoms with E-state index in [0.717, 1.165) is 16.8 Å². The summed E-state index contributed by atoms with van der Waals surface area (Å²) in [6.07, 6.45) is 0. The van der Waals surface area contributed by atoms with Crippen LogP contribution >= 0.6 is 23.8 Å². The molecular formula is C20H21ClN4O3S. The second-order valence-electron chi connectivity index (χ2n) is 6.93. The molecule has 1 aliphatic heterocycles. The molecular weight excluding hydrogens is 412 g/mol. The van der Waals surface area contributed by atoms with Gasteiger partial charge in [0.25, 0.3) is 11.6 Å². The van der Waals surface area contributed by atoms with Crippen LogP contribution in [-0.2, 0) is 0 Å². The topological polar surface area (TPSA) is 78.7 Å². The molecule has 1 fully saturated rings. The minimum Gasteiger partial charge on any atom is -0.367 e. The van der Waals surface area contributed by atoms with Crippen LogP contribution in [-0.4, -0.2) is 47.0 Å². The fraction of sp³-hybridized carbons (Fsp3) is 0.300. The Morgan fingerprint density at radius 3 is 2.38 bits per heavy atom. The highest BCUT2D eigenvalue weighted by molar-refractivity contribution is 7.80. The number of anilines is 1. The Kier molecular flexibility index (Phi) is 6.34. The molecule has 0 radical (unpaired) electrons. The summed E-state index contributed by atoms with van der Waals surface area (Å²) in [4.78, 5) is 26.9. The van der Waals surface area contributed by atoms with Crippen LogP contribution in [0, 0.1) is 24.0 Å². The number of carbonyl (C=O) groups is 1. The predicted octanol–water partition coefficient (Wildman–Crippen LogP) is 3.70. The van der Waals surface area contributed by atoms with Gasteiger partial charge < -0.3 is 9.80 Å². The number of carbonyl (C=O) groups excluding carboxylic acids is 1. The number of rotatable bonds is 3. The van der Waals surface area contributed by atoms with Crippen molar-refractivity contribution in [1.29, 1.82) is 0 Å². The molecule has 1 N–H and O–H groups in total. The number of nitro groups is 1. The molecule has 1 amide bonds. The number of nitrogens with one attached hydrogen (secondary N) is 1. The van der Waals surface area contributed by atoms with Gasteiger partial charge in [0.2, 0.25) is 0 Å². The lowest BCUT2D eigenvalue weighted by Crippen LogP contribution is -2.52.